The SMILES string of the molecule is CCNC(=O)N1c2cc(OC)c(OC)cc2[C@H](N(Cc2ccccc2)C(=O)OCC)C[C@@H]1C. The quantitative estimate of drug-likeness (QED) is 0.653. The minimum atomic E-state index is -0.397. The zero-order valence-corrected chi connectivity index (χ0v) is 20.0. The standard InChI is InChI=1S/C25H33N3O5/c1-6-26-24(29)28-17(3)13-20(19-14-22(31-4)23(32-5)15-21(19)28)27(25(30)33-7-2)16-18-11-9-8-10-12-18/h8-12,14-15,17,20H,6-7,13,16H2,1-5H3,(H,26,29)/t17-,20+/m0/s1. The molecule has 0 spiro atoms. The van der Waals surface area contributed by atoms with Crippen molar-refractivity contribution >= 4 is 17.8 Å². The molecule has 0 unspecified atom stereocenters. The zero-order valence-electron chi connectivity index (χ0n) is 20.0. The third kappa shape index (κ3) is 5.16. The summed E-state index contributed by atoms with van der Waals surface area (Å²) in [6.45, 7) is 6.82. The molecule has 0 aromatic heterocycles. The highest BCUT2D eigenvalue weighted by atomic mass is 16.6. The molecule has 1 aliphatic heterocycles. The fourth-order valence-corrected chi connectivity index (χ4v) is 4.28. The van der Waals surface area contributed by atoms with Gasteiger partial charge in [-0.05, 0) is 38.8 Å². The van der Waals surface area contributed by atoms with Gasteiger partial charge in [0.15, 0.2) is 11.5 Å². The number of rotatable bonds is 7. The number of carbonyl (C=O) groups is 2. The summed E-state index contributed by atoms with van der Waals surface area (Å²) in [5.41, 5.74) is 2.48. The summed E-state index contributed by atoms with van der Waals surface area (Å²) in [5, 5.41) is 2.89. The average molecular weight is 456 g/mol. The van der Waals surface area contributed by atoms with Crippen molar-refractivity contribution in [1.29, 1.82) is 0 Å². The van der Waals surface area contributed by atoms with Crippen LogP contribution in [0.5, 0.6) is 11.5 Å². The lowest BCUT2D eigenvalue weighted by molar-refractivity contribution is 0.0816. The van der Waals surface area contributed by atoms with Crippen LogP contribution in [0.4, 0.5) is 15.3 Å². The second-order valence-electron chi connectivity index (χ2n) is 7.88. The highest BCUT2D eigenvalue weighted by Crippen LogP contribution is 2.46. The number of benzene rings is 2. The minimum absolute atomic E-state index is 0.167. The molecule has 1 heterocycles. The lowest BCUT2D eigenvalue weighted by Gasteiger charge is -2.43. The topological polar surface area (TPSA) is 80.3 Å². The van der Waals surface area contributed by atoms with Crippen molar-refractivity contribution in [2.24, 2.45) is 0 Å². The highest BCUT2D eigenvalue weighted by Gasteiger charge is 2.39. The summed E-state index contributed by atoms with van der Waals surface area (Å²) in [5.74, 6) is 1.05. The van der Waals surface area contributed by atoms with E-state index in [-0.39, 0.29) is 24.7 Å². The van der Waals surface area contributed by atoms with Crippen LogP contribution in [0.1, 0.15) is 44.4 Å². The average Bonchev–Trinajstić information content (AvgIpc) is 2.82. The van der Waals surface area contributed by atoms with Crippen LogP contribution in [-0.2, 0) is 11.3 Å². The van der Waals surface area contributed by atoms with E-state index in [2.05, 4.69) is 5.32 Å². The fourth-order valence-electron chi connectivity index (χ4n) is 4.28. The van der Waals surface area contributed by atoms with E-state index in [1.165, 1.54) is 0 Å². The number of ether oxygens (including phenoxy) is 3. The predicted molar refractivity (Wildman–Crippen MR) is 127 cm³/mol. The van der Waals surface area contributed by atoms with Gasteiger partial charge in [0.25, 0.3) is 0 Å². The summed E-state index contributed by atoms with van der Waals surface area (Å²) in [7, 11) is 3.13. The van der Waals surface area contributed by atoms with Gasteiger partial charge < -0.3 is 19.5 Å². The van der Waals surface area contributed by atoms with Crippen LogP contribution in [0.2, 0.25) is 0 Å². The van der Waals surface area contributed by atoms with E-state index in [0.717, 1.165) is 11.1 Å². The Morgan fingerprint density at radius 3 is 2.36 bits per heavy atom. The van der Waals surface area contributed by atoms with E-state index >= 15 is 0 Å². The van der Waals surface area contributed by atoms with Gasteiger partial charge in [0.05, 0.1) is 32.6 Å². The van der Waals surface area contributed by atoms with Crippen molar-refractivity contribution in [3.63, 3.8) is 0 Å². The van der Waals surface area contributed by atoms with Gasteiger partial charge in [-0.25, -0.2) is 9.59 Å². The van der Waals surface area contributed by atoms with Gasteiger partial charge in [-0.3, -0.25) is 9.80 Å². The maximum atomic E-state index is 13.1. The first kappa shape index (κ1) is 24.2. The third-order valence-corrected chi connectivity index (χ3v) is 5.78. The Balaban J connectivity index is 2.14. The molecule has 0 fully saturated rings. The molecule has 0 radical (unpaired) electrons. The number of nitrogens with one attached hydrogen (secondary N) is 1. The Bertz CT molecular complexity index is 966. The van der Waals surface area contributed by atoms with Gasteiger partial charge in [0.1, 0.15) is 0 Å². The van der Waals surface area contributed by atoms with Crippen molar-refractivity contribution in [3.05, 3.63) is 53.6 Å². The van der Waals surface area contributed by atoms with Crippen LogP contribution in [0.25, 0.3) is 0 Å². The summed E-state index contributed by atoms with van der Waals surface area (Å²) in [6.07, 6.45) is 0.149. The predicted octanol–water partition coefficient (Wildman–Crippen LogP) is 4.73. The smallest absolute Gasteiger partial charge is 0.410 e. The molecule has 2 aromatic carbocycles. The fraction of sp³-hybridized carbons (Fsp3) is 0.440. The molecule has 2 aromatic rings. The van der Waals surface area contributed by atoms with Gasteiger partial charge in [-0.1, -0.05) is 30.3 Å². The summed E-state index contributed by atoms with van der Waals surface area (Å²) in [6, 6.07) is 12.8. The maximum absolute atomic E-state index is 13.1. The van der Waals surface area contributed by atoms with Crippen LogP contribution >= 0.6 is 0 Å². The Morgan fingerprint density at radius 2 is 1.76 bits per heavy atom. The van der Waals surface area contributed by atoms with Crippen molar-refractivity contribution in [1.82, 2.24) is 10.2 Å². The van der Waals surface area contributed by atoms with Crippen molar-refractivity contribution < 1.29 is 23.8 Å². The lowest BCUT2D eigenvalue weighted by Crippen LogP contribution is -2.51. The number of amides is 3. The van der Waals surface area contributed by atoms with Crippen molar-refractivity contribution in [3.8, 4) is 11.5 Å². The minimum Gasteiger partial charge on any atom is -0.493 e. The molecular formula is C25H33N3O5. The molecule has 8 nitrogen and oxygen atoms in total. The molecule has 178 valence electrons. The molecule has 0 saturated heterocycles. The monoisotopic (exact) mass is 455 g/mol. The van der Waals surface area contributed by atoms with E-state index in [1.807, 2.05) is 50.2 Å². The molecule has 33 heavy (non-hydrogen) atoms. The van der Waals surface area contributed by atoms with E-state index in [1.54, 1.807) is 37.0 Å². The van der Waals surface area contributed by atoms with Crippen LogP contribution in [0.3, 0.4) is 0 Å². The molecule has 2 atom stereocenters. The Kier molecular flexibility index (Phi) is 8.03. The molecular weight excluding hydrogens is 422 g/mol. The van der Waals surface area contributed by atoms with Gasteiger partial charge in [-0.2, -0.15) is 0 Å². The summed E-state index contributed by atoms with van der Waals surface area (Å²) < 4.78 is 16.5. The van der Waals surface area contributed by atoms with E-state index in [9.17, 15) is 9.59 Å². The van der Waals surface area contributed by atoms with Crippen LogP contribution in [0, 0.1) is 0 Å². The third-order valence-electron chi connectivity index (χ3n) is 5.78. The van der Waals surface area contributed by atoms with Gasteiger partial charge >= 0.3 is 12.1 Å². The molecule has 1 N–H and O–H groups in total. The van der Waals surface area contributed by atoms with Gasteiger partial charge in [-0.15, -0.1) is 0 Å². The normalized spacial score (nSPS) is 17.1. The van der Waals surface area contributed by atoms with Gasteiger partial charge in [0.2, 0.25) is 0 Å². The molecule has 3 amide bonds. The van der Waals surface area contributed by atoms with E-state index < -0.39 is 6.09 Å². The Morgan fingerprint density at radius 1 is 1.09 bits per heavy atom. The summed E-state index contributed by atoms with van der Waals surface area (Å²) >= 11 is 0. The Hall–Kier alpha value is -3.42. The number of methoxy groups -OCH3 is 2. The molecule has 1 aliphatic rings. The lowest BCUT2D eigenvalue weighted by atomic mass is 9.90. The zero-order chi connectivity index (χ0) is 24.0. The van der Waals surface area contributed by atoms with Crippen LogP contribution < -0.4 is 19.7 Å². The molecule has 8 heteroatoms. The summed E-state index contributed by atoms with van der Waals surface area (Å²) in [4.78, 5) is 29.5. The number of hydrogen-bond acceptors (Lipinski definition) is 5. The maximum Gasteiger partial charge on any atom is 0.410 e. The number of urea groups is 1. The second kappa shape index (κ2) is 10.9. The largest absolute Gasteiger partial charge is 0.493 e. The molecule has 3 rings (SSSR count). The van der Waals surface area contributed by atoms with Gasteiger partial charge in [0, 0.05) is 30.8 Å². The second-order valence-corrected chi connectivity index (χ2v) is 7.88. The first-order valence-corrected chi connectivity index (χ1v) is 11.2. The van der Waals surface area contributed by atoms with Crippen molar-refractivity contribution in [2.75, 3.05) is 32.3 Å². The molecule has 0 saturated carbocycles. The highest BCUT2D eigenvalue weighted by molar-refractivity contribution is 5.95. The number of carbonyl (C=O) groups excluding carboxylic acids is 2. The Labute approximate surface area is 195 Å². The molecule has 0 aliphatic carbocycles. The first-order valence-electron chi connectivity index (χ1n) is 11.2. The van der Waals surface area contributed by atoms with E-state index in [4.69, 9.17) is 14.2 Å². The van der Waals surface area contributed by atoms with Crippen molar-refractivity contribution in [2.45, 2.75) is 45.8 Å². The first-order chi connectivity index (χ1) is 15.9. The van der Waals surface area contributed by atoms with Crippen LogP contribution in [-0.4, -0.2) is 50.4 Å². The van der Waals surface area contributed by atoms with E-state index in [0.29, 0.717) is 36.7 Å². The molecule has 0 bridgehead atoms. The van der Waals surface area contributed by atoms with Crippen LogP contribution in [0.15, 0.2) is 42.5 Å². The number of fused-ring (bicyclic) bond motifs is 1. The number of anilines is 1. The number of nitrogens with zero attached hydrogens (tertiary/aromatic N) is 2. The number of hydrogen-bond donors (Lipinski definition) is 1.